The first-order chi connectivity index (χ1) is 13.5. The van der Waals surface area contributed by atoms with Crippen LogP contribution in [0.25, 0.3) is 10.2 Å². The van der Waals surface area contributed by atoms with E-state index in [1.165, 1.54) is 11.0 Å². The molecule has 0 radical (unpaired) electrons. The van der Waals surface area contributed by atoms with E-state index in [2.05, 4.69) is 4.98 Å². The third-order valence-electron chi connectivity index (χ3n) is 4.00. The van der Waals surface area contributed by atoms with Gasteiger partial charge in [-0.1, -0.05) is 18.2 Å². The van der Waals surface area contributed by atoms with Gasteiger partial charge in [0.15, 0.2) is 11.6 Å². The molecule has 0 aliphatic rings. The number of hydrogen-bond acceptors (Lipinski definition) is 5. The number of nitrogens with zero attached hydrogens (tertiary/aromatic N) is 2. The van der Waals surface area contributed by atoms with Crippen molar-refractivity contribution in [2.45, 2.75) is 26.3 Å². The van der Waals surface area contributed by atoms with Crippen LogP contribution in [0.4, 0.5) is 14.5 Å². The predicted octanol–water partition coefficient (Wildman–Crippen LogP) is 4.45. The van der Waals surface area contributed by atoms with Crippen molar-refractivity contribution in [3.63, 3.8) is 0 Å². The highest BCUT2D eigenvalue weighted by molar-refractivity contribution is 7.18. The van der Waals surface area contributed by atoms with Crippen LogP contribution in [0.5, 0.6) is 0 Å². The van der Waals surface area contributed by atoms with Gasteiger partial charge in [0.05, 0.1) is 29.8 Å². The van der Waals surface area contributed by atoms with Crippen molar-refractivity contribution in [1.82, 2.24) is 4.98 Å². The molecular formula is C20H18F2N2O3S. The fourth-order valence-corrected chi connectivity index (χ4v) is 3.67. The first kappa shape index (κ1) is 19.9. The number of carbonyl (C=O) groups excluding carboxylic acids is 2. The number of rotatable bonds is 7. The highest BCUT2D eigenvalue weighted by Crippen LogP contribution is 2.28. The molecule has 146 valence electrons. The van der Waals surface area contributed by atoms with Crippen LogP contribution in [0.3, 0.4) is 0 Å². The molecule has 2 aromatic carbocycles. The molecule has 1 heterocycles. The van der Waals surface area contributed by atoms with Gasteiger partial charge in [0, 0.05) is 12.1 Å². The fourth-order valence-electron chi connectivity index (χ4n) is 2.69. The van der Waals surface area contributed by atoms with E-state index in [1.807, 2.05) is 6.07 Å². The number of hydrogen-bond donors (Lipinski definition) is 0. The average molecular weight is 404 g/mol. The Balaban J connectivity index is 1.84. The predicted molar refractivity (Wildman–Crippen MR) is 103 cm³/mol. The SMILES string of the molecule is CCOC(=O)CCC(=O)N(Cc1nc2ccc(F)c(F)c2s1)c1ccccc1. The third kappa shape index (κ3) is 4.51. The molecule has 8 heteroatoms. The Kier molecular flexibility index (Phi) is 6.30. The van der Waals surface area contributed by atoms with Crippen molar-refractivity contribution in [3.05, 3.63) is 59.1 Å². The van der Waals surface area contributed by atoms with Gasteiger partial charge in [0.25, 0.3) is 0 Å². The minimum Gasteiger partial charge on any atom is -0.466 e. The van der Waals surface area contributed by atoms with Crippen molar-refractivity contribution >= 4 is 39.1 Å². The standard InChI is InChI=1S/C20H18F2N2O3S/c1-2-27-18(26)11-10-17(25)24(13-6-4-3-5-7-13)12-16-23-15-9-8-14(21)19(22)20(15)28-16/h3-9H,2,10-12H2,1H3. The lowest BCUT2D eigenvalue weighted by molar-refractivity contribution is -0.144. The number of fused-ring (bicyclic) bond motifs is 1. The van der Waals surface area contributed by atoms with Gasteiger partial charge in [0.1, 0.15) is 5.01 Å². The topological polar surface area (TPSA) is 59.5 Å². The summed E-state index contributed by atoms with van der Waals surface area (Å²) < 4.78 is 32.4. The minimum absolute atomic E-state index is 0.0262. The quantitative estimate of drug-likeness (QED) is 0.546. The van der Waals surface area contributed by atoms with E-state index in [-0.39, 0.29) is 36.6 Å². The Morgan fingerprint density at radius 3 is 2.57 bits per heavy atom. The molecular weight excluding hydrogens is 386 g/mol. The number of halogens is 2. The minimum atomic E-state index is -0.943. The van der Waals surface area contributed by atoms with Crippen molar-refractivity contribution in [3.8, 4) is 0 Å². The van der Waals surface area contributed by atoms with Gasteiger partial charge >= 0.3 is 5.97 Å². The molecule has 0 aliphatic carbocycles. The number of carbonyl (C=O) groups is 2. The largest absolute Gasteiger partial charge is 0.466 e. The van der Waals surface area contributed by atoms with Crippen LogP contribution in [-0.2, 0) is 20.9 Å². The van der Waals surface area contributed by atoms with Crippen molar-refractivity contribution in [1.29, 1.82) is 0 Å². The van der Waals surface area contributed by atoms with Crippen LogP contribution in [0.15, 0.2) is 42.5 Å². The van der Waals surface area contributed by atoms with Crippen LogP contribution in [0.1, 0.15) is 24.8 Å². The lowest BCUT2D eigenvalue weighted by Crippen LogP contribution is -2.30. The van der Waals surface area contributed by atoms with Crippen LogP contribution in [0.2, 0.25) is 0 Å². The molecule has 3 rings (SSSR count). The molecule has 1 aromatic heterocycles. The van der Waals surface area contributed by atoms with E-state index in [9.17, 15) is 18.4 Å². The molecule has 0 bridgehead atoms. The van der Waals surface area contributed by atoms with Crippen molar-refractivity contribution < 1.29 is 23.1 Å². The number of aromatic nitrogens is 1. The van der Waals surface area contributed by atoms with E-state index in [4.69, 9.17) is 4.74 Å². The fraction of sp³-hybridized carbons (Fsp3) is 0.250. The summed E-state index contributed by atoms with van der Waals surface area (Å²) >= 11 is 0.999. The molecule has 0 N–H and O–H groups in total. The third-order valence-corrected chi connectivity index (χ3v) is 5.05. The Morgan fingerprint density at radius 1 is 1.11 bits per heavy atom. The second-order valence-corrected chi connectivity index (χ2v) is 7.02. The number of thiazole rings is 1. The summed E-state index contributed by atoms with van der Waals surface area (Å²) in [6.07, 6.45) is -0.0582. The van der Waals surface area contributed by atoms with Gasteiger partial charge in [-0.15, -0.1) is 11.3 Å². The molecule has 1 amide bonds. The molecule has 28 heavy (non-hydrogen) atoms. The number of esters is 1. The molecule has 0 unspecified atom stereocenters. The van der Waals surface area contributed by atoms with Gasteiger partial charge in [-0.3, -0.25) is 9.59 Å². The number of benzene rings is 2. The maximum absolute atomic E-state index is 14.0. The zero-order chi connectivity index (χ0) is 20.1. The van der Waals surface area contributed by atoms with Gasteiger partial charge in [0.2, 0.25) is 5.91 Å². The molecule has 0 saturated heterocycles. The second-order valence-electron chi connectivity index (χ2n) is 5.94. The molecule has 0 saturated carbocycles. The maximum atomic E-state index is 14.0. The summed E-state index contributed by atoms with van der Waals surface area (Å²) in [7, 11) is 0. The Hall–Kier alpha value is -2.87. The van der Waals surface area contributed by atoms with E-state index in [0.29, 0.717) is 16.2 Å². The highest BCUT2D eigenvalue weighted by atomic mass is 32.1. The highest BCUT2D eigenvalue weighted by Gasteiger charge is 2.20. The molecule has 0 aliphatic heterocycles. The Labute approximate surface area is 164 Å². The Bertz CT molecular complexity index is 992. The molecule has 0 fully saturated rings. The smallest absolute Gasteiger partial charge is 0.306 e. The van der Waals surface area contributed by atoms with E-state index in [0.717, 1.165) is 17.4 Å². The van der Waals surface area contributed by atoms with Crippen LogP contribution in [-0.4, -0.2) is 23.5 Å². The Morgan fingerprint density at radius 2 is 1.86 bits per heavy atom. The molecule has 5 nitrogen and oxygen atoms in total. The van der Waals surface area contributed by atoms with Gasteiger partial charge in [-0.05, 0) is 31.2 Å². The number of amides is 1. The number of ether oxygens (including phenoxy) is 1. The van der Waals surface area contributed by atoms with Gasteiger partial charge in [-0.25, -0.2) is 13.8 Å². The lowest BCUT2D eigenvalue weighted by Gasteiger charge is -2.21. The average Bonchev–Trinajstić information content (AvgIpc) is 3.12. The van der Waals surface area contributed by atoms with E-state index >= 15 is 0 Å². The summed E-state index contributed by atoms with van der Waals surface area (Å²) in [5, 5.41) is 0.466. The summed E-state index contributed by atoms with van der Waals surface area (Å²) in [4.78, 5) is 30.1. The molecule has 0 atom stereocenters. The van der Waals surface area contributed by atoms with Crippen molar-refractivity contribution in [2.24, 2.45) is 0 Å². The normalized spacial score (nSPS) is 10.8. The lowest BCUT2D eigenvalue weighted by atomic mass is 10.2. The van der Waals surface area contributed by atoms with Gasteiger partial charge in [-0.2, -0.15) is 0 Å². The van der Waals surface area contributed by atoms with E-state index in [1.54, 1.807) is 31.2 Å². The summed E-state index contributed by atoms with van der Waals surface area (Å²) in [5.74, 6) is -2.61. The van der Waals surface area contributed by atoms with E-state index < -0.39 is 17.6 Å². The second kappa shape index (κ2) is 8.88. The van der Waals surface area contributed by atoms with Crippen molar-refractivity contribution in [2.75, 3.05) is 11.5 Å². The summed E-state index contributed by atoms with van der Waals surface area (Å²) in [5.41, 5.74) is 0.966. The maximum Gasteiger partial charge on any atom is 0.306 e. The summed E-state index contributed by atoms with van der Waals surface area (Å²) in [6.45, 7) is 2.04. The first-order valence-corrected chi connectivity index (χ1v) is 9.55. The first-order valence-electron chi connectivity index (χ1n) is 8.74. The van der Waals surface area contributed by atoms with Gasteiger partial charge < -0.3 is 9.64 Å². The molecule has 0 spiro atoms. The number of anilines is 1. The van der Waals surface area contributed by atoms with Crippen LogP contribution < -0.4 is 4.90 Å². The zero-order valence-electron chi connectivity index (χ0n) is 15.2. The van der Waals surface area contributed by atoms with Crippen LogP contribution >= 0.6 is 11.3 Å². The number of para-hydroxylation sites is 1. The van der Waals surface area contributed by atoms with Crippen LogP contribution in [0, 0.1) is 11.6 Å². The summed E-state index contributed by atoms with van der Waals surface area (Å²) in [6, 6.07) is 11.3. The monoisotopic (exact) mass is 404 g/mol. The molecule has 3 aromatic rings. The zero-order valence-corrected chi connectivity index (χ0v) is 16.0.